The number of aromatic nitrogens is 2. The van der Waals surface area contributed by atoms with Crippen LogP contribution in [0.3, 0.4) is 0 Å². The minimum absolute atomic E-state index is 0.105. The van der Waals surface area contributed by atoms with Crippen LogP contribution in [0.15, 0.2) is 30.7 Å². The number of hydrogen-bond acceptors (Lipinski definition) is 4. The molecule has 0 fully saturated rings. The molecule has 0 amide bonds. The zero-order valence-electron chi connectivity index (χ0n) is 9.23. The molecule has 0 spiro atoms. The molecule has 0 aromatic carbocycles. The molecule has 92 valence electrons. The standard InChI is InChI=1S/C12H9Cl2N3O/c13-8-4-9(14)12(17-6-8)11(18)3-7-5-16-2-1-10(7)15/h1-2,4-6H,3H2,(H2,15,16). The Balaban J connectivity index is 2.25. The maximum absolute atomic E-state index is 12.0. The lowest BCUT2D eigenvalue weighted by molar-refractivity contribution is 0.0988. The maximum atomic E-state index is 12.0. The van der Waals surface area contributed by atoms with E-state index in [0.717, 1.165) is 0 Å². The molecule has 0 aliphatic heterocycles. The minimum Gasteiger partial charge on any atom is -0.398 e. The van der Waals surface area contributed by atoms with E-state index < -0.39 is 0 Å². The quantitative estimate of drug-likeness (QED) is 0.879. The van der Waals surface area contributed by atoms with Crippen molar-refractivity contribution in [1.82, 2.24) is 9.97 Å². The average molecular weight is 282 g/mol. The Morgan fingerprint density at radius 3 is 2.78 bits per heavy atom. The van der Waals surface area contributed by atoms with E-state index in [-0.39, 0.29) is 22.9 Å². The SMILES string of the molecule is Nc1ccncc1CC(=O)c1ncc(Cl)cc1Cl. The second kappa shape index (κ2) is 5.33. The van der Waals surface area contributed by atoms with Gasteiger partial charge in [0, 0.05) is 36.3 Å². The normalized spacial score (nSPS) is 10.3. The molecule has 0 bridgehead atoms. The van der Waals surface area contributed by atoms with Crippen LogP contribution in [0.5, 0.6) is 0 Å². The van der Waals surface area contributed by atoms with Crippen molar-refractivity contribution < 1.29 is 4.79 Å². The van der Waals surface area contributed by atoms with Crippen molar-refractivity contribution in [2.75, 3.05) is 5.73 Å². The van der Waals surface area contributed by atoms with Crippen LogP contribution in [0.1, 0.15) is 16.1 Å². The molecule has 0 saturated carbocycles. The number of carbonyl (C=O) groups excluding carboxylic acids is 1. The first-order chi connectivity index (χ1) is 8.58. The fourth-order valence-electron chi connectivity index (χ4n) is 1.46. The van der Waals surface area contributed by atoms with Crippen LogP contribution >= 0.6 is 23.2 Å². The van der Waals surface area contributed by atoms with Gasteiger partial charge in [0.05, 0.1) is 10.0 Å². The van der Waals surface area contributed by atoms with Gasteiger partial charge in [-0.2, -0.15) is 0 Å². The summed E-state index contributed by atoms with van der Waals surface area (Å²) in [4.78, 5) is 19.9. The van der Waals surface area contributed by atoms with E-state index in [0.29, 0.717) is 16.3 Å². The number of nitrogens with two attached hydrogens (primary N) is 1. The van der Waals surface area contributed by atoms with E-state index in [1.165, 1.54) is 12.3 Å². The largest absolute Gasteiger partial charge is 0.398 e. The summed E-state index contributed by atoms with van der Waals surface area (Å²) in [6, 6.07) is 3.12. The van der Waals surface area contributed by atoms with Crippen molar-refractivity contribution in [3.63, 3.8) is 0 Å². The zero-order chi connectivity index (χ0) is 13.1. The Morgan fingerprint density at radius 2 is 2.11 bits per heavy atom. The molecule has 18 heavy (non-hydrogen) atoms. The van der Waals surface area contributed by atoms with E-state index in [9.17, 15) is 4.79 Å². The minimum atomic E-state index is -0.226. The Morgan fingerprint density at radius 1 is 1.33 bits per heavy atom. The third-order valence-corrected chi connectivity index (χ3v) is 2.86. The predicted octanol–water partition coefficient (Wildman–Crippen LogP) is 2.79. The van der Waals surface area contributed by atoms with E-state index in [1.54, 1.807) is 18.5 Å². The predicted molar refractivity (Wildman–Crippen MR) is 70.9 cm³/mol. The van der Waals surface area contributed by atoms with Crippen LogP contribution in [0.25, 0.3) is 0 Å². The van der Waals surface area contributed by atoms with Crippen LogP contribution < -0.4 is 5.73 Å². The van der Waals surface area contributed by atoms with Gasteiger partial charge in [-0.05, 0) is 12.1 Å². The first-order valence-corrected chi connectivity index (χ1v) is 5.86. The highest BCUT2D eigenvalue weighted by Gasteiger charge is 2.14. The molecule has 0 aliphatic rings. The highest BCUT2D eigenvalue weighted by Crippen LogP contribution is 2.20. The van der Waals surface area contributed by atoms with Gasteiger partial charge in [0.25, 0.3) is 0 Å². The maximum Gasteiger partial charge on any atom is 0.187 e. The second-order valence-electron chi connectivity index (χ2n) is 3.66. The van der Waals surface area contributed by atoms with Gasteiger partial charge in [0.1, 0.15) is 5.69 Å². The van der Waals surface area contributed by atoms with Crippen LogP contribution in [-0.4, -0.2) is 15.8 Å². The number of hydrogen-bond donors (Lipinski definition) is 1. The molecule has 0 aliphatic carbocycles. The van der Waals surface area contributed by atoms with Gasteiger partial charge in [-0.1, -0.05) is 23.2 Å². The molecule has 2 heterocycles. The number of rotatable bonds is 3. The number of nitrogen functional groups attached to an aromatic ring is 1. The third kappa shape index (κ3) is 2.78. The molecular formula is C12H9Cl2N3O. The molecule has 6 heteroatoms. The van der Waals surface area contributed by atoms with Crippen LogP contribution in [0.2, 0.25) is 10.0 Å². The monoisotopic (exact) mass is 281 g/mol. The lowest BCUT2D eigenvalue weighted by Gasteiger charge is -2.05. The molecular weight excluding hydrogens is 273 g/mol. The van der Waals surface area contributed by atoms with Crippen molar-refractivity contribution in [2.24, 2.45) is 0 Å². The summed E-state index contributed by atoms with van der Waals surface area (Å²) in [7, 11) is 0. The Hall–Kier alpha value is -1.65. The zero-order valence-corrected chi connectivity index (χ0v) is 10.7. The van der Waals surface area contributed by atoms with E-state index in [2.05, 4.69) is 9.97 Å². The fraction of sp³-hybridized carbons (Fsp3) is 0.0833. The van der Waals surface area contributed by atoms with Gasteiger partial charge in [-0.3, -0.25) is 9.78 Å². The first-order valence-electron chi connectivity index (χ1n) is 5.10. The summed E-state index contributed by atoms with van der Waals surface area (Å²) >= 11 is 11.6. The van der Waals surface area contributed by atoms with Gasteiger partial charge < -0.3 is 5.73 Å². The Bertz CT molecular complexity index is 602. The number of carbonyl (C=O) groups is 1. The number of nitrogens with zero attached hydrogens (tertiary/aromatic N) is 2. The average Bonchev–Trinajstić information content (AvgIpc) is 2.32. The molecule has 2 rings (SSSR count). The summed E-state index contributed by atoms with van der Waals surface area (Å²) < 4.78 is 0. The third-order valence-electron chi connectivity index (χ3n) is 2.36. The molecule has 2 N–H and O–H groups in total. The number of pyridine rings is 2. The highest BCUT2D eigenvalue weighted by molar-refractivity contribution is 6.36. The van der Waals surface area contributed by atoms with Crippen molar-refractivity contribution >= 4 is 34.7 Å². The van der Waals surface area contributed by atoms with Crippen LogP contribution in [-0.2, 0) is 6.42 Å². The van der Waals surface area contributed by atoms with Crippen molar-refractivity contribution in [1.29, 1.82) is 0 Å². The molecule has 0 unspecified atom stereocenters. The first kappa shape index (κ1) is 12.8. The number of ketones is 1. The lowest BCUT2D eigenvalue weighted by atomic mass is 10.1. The molecule has 2 aromatic heterocycles. The summed E-state index contributed by atoms with van der Waals surface area (Å²) in [5, 5.41) is 0.618. The summed E-state index contributed by atoms with van der Waals surface area (Å²) in [5.41, 5.74) is 7.09. The van der Waals surface area contributed by atoms with Crippen molar-refractivity contribution in [2.45, 2.75) is 6.42 Å². The molecule has 4 nitrogen and oxygen atoms in total. The summed E-state index contributed by atoms with van der Waals surface area (Å²) in [6.07, 6.45) is 4.61. The summed E-state index contributed by atoms with van der Waals surface area (Å²) in [5.74, 6) is -0.226. The lowest BCUT2D eigenvalue weighted by Crippen LogP contribution is -2.08. The van der Waals surface area contributed by atoms with E-state index in [4.69, 9.17) is 28.9 Å². The van der Waals surface area contributed by atoms with Gasteiger partial charge in [0.15, 0.2) is 5.78 Å². The Labute approximate surface area is 114 Å². The van der Waals surface area contributed by atoms with Gasteiger partial charge >= 0.3 is 0 Å². The molecule has 0 atom stereocenters. The van der Waals surface area contributed by atoms with Crippen molar-refractivity contribution in [3.8, 4) is 0 Å². The topological polar surface area (TPSA) is 68.9 Å². The smallest absolute Gasteiger partial charge is 0.187 e. The number of halogens is 2. The fourth-order valence-corrected chi connectivity index (χ4v) is 1.95. The van der Waals surface area contributed by atoms with Gasteiger partial charge in [0.2, 0.25) is 0 Å². The van der Waals surface area contributed by atoms with Crippen LogP contribution in [0.4, 0.5) is 5.69 Å². The van der Waals surface area contributed by atoms with E-state index in [1.807, 2.05) is 0 Å². The second-order valence-corrected chi connectivity index (χ2v) is 4.50. The molecule has 2 aromatic rings. The number of anilines is 1. The Kier molecular flexibility index (Phi) is 3.79. The highest BCUT2D eigenvalue weighted by atomic mass is 35.5. The molecule has 0 radical (unpaired) electrons. The number of Topliss-reactive ketones (excluding diaryl/α,β-unsaturated/α-hetero) is 1. The van der Waals surface area contributed by atoms with E-state index >= 15 is 0 Å². The van der Waals surface area contributed by atoms with Gasteiger partial charge in [-0.25, -0.2) is 4.98 Å². The molecule has 0 saturated heterocycles. The van der Waals surface area contributed by atoms with Gasteiger partial charge in [-0.15, -0.1) is 0 Å². The van der Waals surface area contributed by atoms with Crippen LogP contribution in [0, 0.1) is 0 Å². The summed E-state index contributed by atoms with van der Waals surface area (Å²) in [6.45, 7) is 0. The van der Waals surface area contributed by atoms with Crippen molar-refractivity contribution in [3.05, 3.63) is 52.0 Å².